The summed E-state index contributed by atoms with van der Waals surface area (Å²) in [6.45, 7) is 2.18. The van der Waals surface area contributed by atoms with Gasteiger partial charge < -0.3 is 10.2 Å². The number of hydrogen-bond donors (Lipinski definition) is 1. The van der Waals surface area contributed by atoms with Crippen LogP contribution in [0.15, 0.2) is 72.8 Å². The molecule has 0 unspecified atom stereocenters. The van der Waals surface area contributed by atoms with Crippen molar-refractivity contribution in [2.24, 2.45) is 0 Å². The molecule has 1 atom stereocenters. The topological polar surface area (TPSA) is 32.3 Å². The van der Waals surface area contributed by atoms with Gasteiger partial charge in [0.25, 0.3) is 0 Å². The first-order valence-electron chi connectivity index (χ1n) is 10.7. The first-order chi connectivity index (χ1) is 15.7. The highest BCUT2D eigenvalue weighted by Crippen LogP contribution is 2.32. The van der Waals surface area contributed by atoms with Gasteiger partial charge in [-0.3, -0.25) is 4.79 Å². The first kappa shape index (κ1) is 24.3. The number of likely N-dealkylation sites (N-methyl/N-ethyl adjacent to an activating group) is 1. The van der Waals surface area contributed by atoms with E-state index in [2.05, 4.69) is 5.32 Å². The molecular weight excluding hydrogens is 432 g/mol. The Morgan fingerprint density at radius 2 is 1.67 bits per heavy atom. The molecule has 7 heteroatoms. The van der Waals surface area contributed by atoms with Gasteiger partial charge in [-0.1, -0.05) is 48.5 Å². The molecule has 0 aliphatic carbocycles. The Labute approximate surface area is 191 Å². The van der Waals surface area contributed by atoms with Crippen molar-refractivity contribution in [3.05, 3.63) is 101 Å². The van der Waals surface area contributed by atoms with Gasteiger partial charge in [0.05, 0.1) is 11.3 Å². The molecule has 0 aliphatic heterocycles. The van der Waals surface area contributed by atoms with Crippen LogP contribution in [0, 0.1) is 12.7 Å². The van der Waals surface area contributed by atoms with Gasteiger partial charge in [0.15, 0.2) is 0 Å². The SMILES string of the molecule is CNC(=O)[C@@H](c1ccccc1)N(CCCc1ccc(C(F)(F)F)cc1)c1cc(C)ccc1F. The Balaban J connectivity index is 1.89. The predicted molar refractivity (Wildman–Crippen MR) is 121 cm³/mol. The molecule has 0 heterocycles. The Morgan fingerprint density at radius 3 is 2.27 bits per heavy atom. The van der Waals surface area contributed by atoms with Crippen LogP contribution in [0.2, 0.25) is 0 Å². The summed E-state index contributed by atoms with van der Waals surface area (Å²) in [4.78, 5) is 14.6. The van der Waals surface area contributed by atoms with Gasteiger partial charge in [-0.05, 0) is 60.7 Å². The maximum absolute atomic E-state index is 14.9. The van der Waals surface area contributed by atoms with Crippen LogP contribution in [0.1, 0.15) is 34.7 Å². The molecule has 0 saturated heterocycles. The van der Waals surface area contributed by atoms with Crippen molar-refractivity contribution < 1.29 is 22.4 Å². The van der Waals surface area contributed by atoms with Crippen molar-refractivity contribution in [3.63, 3.8) is 0 Å². The van der Waals surface area contributed by atoms with Crippen molar-refractivity contribution in [3.8, 4) is 0 Å². The summed E-state index contributed by atoms with van der Waals surface area (Å²) in [7, 11) is 1.53. The van der Waals surface area contributed by atoms with E-state index in [-0.39, 0.29) is 5.91 Å². The molecule has 1 amide bonds. The standard InChI is InChI=1S/C26H26F4N2O/c1-18-10-15-22(27)23(17-18)32(24(25(33)31-2)20-8-4-3-5-9-20)16-6-7-19-11-13-21(14-12-19)26(28,29)30/h3-5,8-15,17,24H,6-7,16H2,1-2H3,(H,31,33)/t24-/m1/s1. The average Bonchev–Trinajstić information content (AvgIpc) is 2.80. The zero-order chi connectivity index (χ0) is 24.0. The molecule has 174 valence electrons. The summed E-state index contributed by atoms with van der Waals surface area (Å²) in [5.74, 6) is -0.725. The zero-order valence-corrected chi connectivity index (χ0v) is 18.5. The number of amides is 1. The second kappa shape index (κ2) is 10.5. The molecule has 0 saturated carbocycles. The van der Waals surface area contributed by atoms with Gasteiger partial charge >= 0.3 is 6.18 Å². The smallest absolute Gasteiger partial charge is 0.357 e. The molecule has 0 radical (unpaired) electrons. The molecule has 0 spiro atoms. The summed E-state index contributed by atoms with van der Waals surface area (Å²) in [5.41, 5.74) is 1.91. The van der Waals surface area contributed by atoms with Gasteiger partial charge in [0, 0.05) is 13.6 Å². The van der Waals surface area contributed by atoms with Crippen LogP contribution in [0.5, 0.6) is 0 Å². The van der Waals surface area contributed by atoms with Crippen LogP contribution >= 0.6 is 0 Å². The maximum Gasteiger partial charge on any atom is 0.416 e. The largest absolute Gasteiger partial charge is 0.416 e. The number of nitrogens with zero attached hydrogens (tertiary/aromatic N) is 1. The first-order valence-corrected chi connectivity index (χ1v) is 10.7. The number of benzene rings is 3. The monoisotopic (exact) mass is 458 g/mol. The Hall–Kier alpha value is -3.35. The fraction of sp³-hybridized carbons (Fsp3) is 0.269. The van der Waals surface area contributed by atoms with Crippen LogP contribution < -0.4 is 10.2 Å². The number of anilines is 1. The quantitative estimate of drug-likeness (QED) is 0.415. The molecule has 3 rings (SSSR count). The number of alkyl halides is 3. The van der Waals surface area contributed by atoms with E-state index in [1.807, 2.05) is 37.3 Å². The Bertz CT molecular complexity index is 1070. The number of carbonyl (C=O) groups is 1. The highest BCUT2D eigenvalue weighted by molar-refractivity contribution is 5.86. The van der Waals surface area contributed by atoms with Gasteiger partial charge in [-0.25, -0.2) is 4.39 Å². The minimum Gasteiger partial charge on any atom is -0.357 e. The van der Waals surface area contributed by atoms with Crippen LogP contribution in [0.3, 0.4) is 0 Å². The third-order valence-corrected chi connectivity index (χ3v) is 5.48. The lowest BCUT2D eigenvalue weighted by atomic mass is 10.0. The van der Waals surface area contributed by atoms with E-state index < -0.39 is 23.6 Å². The van der Waals surface area contributed by atoms with Crippen LogP contribution in [-0.4, -0.2) is 19.5 Å². The zero-order valence-electron chi connectivity index (χ0n) is 18.5. The Morgan fingerprint density at radius 1 is 1.00 bits per heavy atom. The second-order valence-corrected chi connectivity index (χ2v) is 7.87. The molecule has 33 heavy (non-hydrogen) atoms. The van der Waals surface area contributed by atoms with E-state index >= 15 is 0 Å². The van der Waals surface area contributed by atoms with Crippen molar-refractivity contribution in [2.75, 3.05) is 18.5 Å². The lowest BCUT2D eigenvalue weighted by Gasteiger charge is -2.33. The molecular formula is C26H26F4N2O. The third-order valence-electron chi connectivity index (χ3n) is 5.48. The fourth-order valence-corrected chi connectivity index (χ4v) is 3.79. The lowest BCUT2D eigenvalue weighted by Crippen LogP contribution is -2.40. The summed E-state index contributed by atoms with van der Waals surface area (Å²) in [5, 5.41) is 2.67. The summed E-state index contributed by atoms with van der Waals surface area (Å²) >= 11 is 0. The highest BCUT2D eigenvalue weighted by atomic mass is 19.4. The number of hydrogen-bond acceptors (Lipinski definition) is 2. The molecule has 0 bridgehead atoms. The Kier molecular flexibility index (Phi) is 7.74. The van der Waals surface area contributed by atoms with Gasteiger partial charge in [0.2, 0.25) is 5.91 Å². The number of nitrogens with one attached hydrogen (secondary N) is 1. The minimum absolute atomic E-state index is 0.281. The van der Waals surface area contributed by atoms with Gasteiger partial charge in [-0.2, -0.15) is 13.2 Å². The molecule has 3 aromatic rings. The molecule has 1 N–H and O–H groups in total. The molecule has 3 nitrogen and oxygen atoms in total. The number of aryl methyl sites for hydroxylation is 2. The van der Waals surface area contributed by atoms with E-state index in [9.17, 15) is 22.4 Å². The average molecular weight is 458 g/mol. The lowest BCUT2D eigenvalue weighted by molar-refractivity contribution is -0.137. The van der Waals surface area contributed by atoms with Crippen LogP contribution in [0.4, 0.5) is 23.2 Å². The van der Waals surface area contributed by atoms with E-state index in [1.54, 1.807) is 17.0 Å². The summed E-state index contributed by atoms with van der Waals surface area (Å²) in [6.07, 6.45) is -3.38. The predicted octanol–water partition coefficient (Wildman–Crippen LogP) is 6.08. The normalized spacial score (nSPS) is 12.3. The number of halogens is 4. The van der Waals surface area contributed by atoms with Crippen molar-refractivity contribution >= 4 is 11.6 Å². The second-order valence-electron chi connectivity index (χ2n) is 7.87. The van der Waals surface area contributed by atoms with Crippen molar-refractivity contribution in [2.45, 2.75) is 32.0 Å². The third kappa shape index (κ3) is 6.12. The highest BCUT2D eigenvalue weighted by Gasteiger charge is 2.30. The summed E-state index contributed by atoms with van der Waals surface area (Å²) < 4.78 is 53.3. The van der Waals surface area contributed by atoms with Gasteiger partial charge in [-0.15, -0.1) is 0 Å². The van der Waals surface area contributed by atoms with E-state index in [4.69, 9.17) is 0 Å². The van der Waals surface area contributed by atoms with Crippen molar-refractivity contribution in [1.82, 2.24) is 5.32 Å². The van der Waals surface area contributed by atoms with E-state index in [1.165, 1.54) is 25.2 Å². The summed E-state index contributed by atoms with van der Waals surface area (Å²) in [6, 6.07) is 18.1. The molecule has 0 aromatic heterocycles. The number of carbonyl (C=O) groups excluding carboxylic acids is 1. The van der Waals surface area contributed by atoms with Crippen molar-refractivity contribution in [1.29, 1.82) is 0 Å². The molecule has 0 aliphatic rings. The van der Waals surface area contributed by atoms with Crippen LogP contribution in [-0.2, 0) is 17.4 Å². The van der Waals surface area contributed by atoms with Gasteiger partial charge in [0.1, 0.15) is 11.9 Å². The number of rotatable bonds is 8. The molecule has 3 aromatic carbocycles. The minimum atomic E-state index is -4.38. The fourth-order valence-electron chi connectivity index (χ4n) is 3.79. The van der Waals surface area contributed by atoms with Crippen LogP contribution in [0.25, 0.3) is 0 Å². The van der Waals surface area contributed by atoms with E-state index in [0.29, 0.717) is 30.6 Å². The molecule has 0 fully saturated rings. The maximum atomic E-state index is 14.9. The van der Waals surface area contributed by atoms with E-state index in [0.717, 1.165) is 23.3 Å².